The van der Waals surface area contributed by atoms with Crippen molar-refractivity contribution in [3.8, 4) is 0 Å². The van der Waals surface area contributed by atoms with Gasteiger partial charge in [-0.15, -0.1) is 0 Å². The first kappa shape index (κ1) is 13.7. The maximum absolute atomic E-state index is 12.5. The minimum absolute atomic E-state index is 0.0599. The number of fused-ring (bicyclic) bond motifs is 2. The Morgan fingerprint density at radius 2 is 1.86 bits per heavy atom. The molecule has 2 atom stereocenters. The number of likely N-dealkylation sites (N-methyl/N-ethyl adjacent to an activating group) is 1. The lowest BCUT2D eigenvalue weighted by atomic mass is 9.90. The van der Waals surface area contributed by atoms with E-state index < -0.39 is 6.10 Å². The lowest BCUT2D eigenvalue weighted by Gasteiger charge is -2.37. The molecule has 4 nitrogen and oxygen atoms in total. The van der Waals surface area contributed by atoms with Crippen molar-refractivity contribution in [2.45, 2.75) is 12.2 Å². The highest BCUT2D eigenvalue weighted by Crippen LogP contribution is 2.32. The molecule has 4 aliphatic rings. The van der Waals surface area contributed by atoms with Crippen LogP contribution in [0.25, 0.3) is 0 Å². The third-order valence-electron chi connectivity index (χ3n) is 4.66. The van der Waals surface area contributed by atoms with Crippen LogP contribution in [-0.2, 0) is 9.53 Å². The van der Waals surface area contributed by atoms with Crippen molar-refractivity contribution in [2.75, 3.05) is 33.2 Å². The summed E-state index contributed by atoms with van der Waals surface area (Å²) in [5.41, 5.74) is 3.13. The Bertz CT molecular complexity index is 646. The van der Waals surface area contributed by atoms with Crippen molar-refractivity contribution in [1.82, 2.24) is 9.80 Å². The molecule has 2 aliphatic heterocycles. The third kappa shape index (κ3) is 2.38. The lowest BCUT2D eigenvalue weighted by molar-refractivity contribution is -0.125. The molecule has 0 spiro atoms. The molecule has 2 aliphatic carbocycles. The molecule has 0 aromatic heterocycles. The zero-order valence-corrected chi connectivity index (χ0v) is 12.7. The van der Waals surface area contributed by atoms with Gasteiger partial charge in [0.1, 0.15) is 12.2 Å². The number of allylic oxidation sites excluding steroid dienone is 3. The summed E-state index contributed by atoms with van der Waals surface area (Å²) in [6, 6.07) is 0. The first-order chi connectivity index (χ1) is 10.7. The van der Waals surface area contributed by atoms with Crippen LogP contribution < -0.4 is 0 Å². The Morgan fingerprint density at radius 1 is 1.05 bits per heavy atom. The third-order valence-corrected chi connectivity index (χ3v) is 4.66. The largest absolute Gasteiger partial charge is 0.369 e. The minimum Gasteiger partial charge on any atom is -0.369 e. The van der Waals surface area contributed by atoms with Crippen molar-refractivity contribution in [1.29, 1.82) is 0 Å². The van der Waals surface area contributed by atoms with Crippen molar-refractivity contribution >= 4 is 5.78 Å². The van der Waals surface area contributed by atoms with Crippen LogP contribution in [0.2, 0.25) is 0 Å². The summed E-state index contributed by atoms with van der Waals surface area (Å²) in [4.78, 5) is 17.1. The van der Waals surface area contributed by atoms with E-state index in [1.807, 2.05) is 18.2 Å². The predicted octanol–water partition coefficient (Wildman–Crippen LogP) is 1.45. The van der Waals surface area contributed by atoms with Gasteiger partial charge in [0.05, 0.1) is 0 Å². The van der Waals surface area contributed by atoms with Gasteiger partial charge >= 0.3 is 0 Å². The van der Waals surface area contributed by atoms with E-state index in [4.69, 9.17) is 4.74 Å². The molecule has 2 unspecified atom stereocenters. The van der Waals surface area contributed by atoms with Crippen LogP contribution in [0.15, 0.2) is 59.4 Å². The fourth-order valence-corrected chi connectivity index (χ4v) is 3.31. The van der Waals surface area contributed by atoms with Gasteiger partial charge in [-0.2, -0.15) is 0 Å². The number of hydrogen-bond donors (Lipinski definition) is 0. The fraction of sp³-hybridized carbons (Fsp3) is 0.389. The summed E-state index contributed by atoms with van der Waals surface area (Å²) in [6.07, 6.45) is 13.5. The monoisotopic (exact) mass is 296 g/mol. The van der Waals surface area contributed by atoms with E-state index in [2.05, 4.69) is 35.1 Å². The average molecular weight is 296 g/mol. The quantitative estimate of drug-likeness (QED) is 0.733. The van der Waals surface area contributed by atoms with Gasteiger partial charge in [0, 0.05) is 38.0 Å². The molecule has 0 aromatic rings. The highest BCUT2D eigenvalue weighted by molar-refractivity contribution is 5.99. The van der Waals surface area contributed by atoms with Crippen LogP contribution in [-0.4, -0.2) is 61.0 Å². The number of hydrogen-bond acceptors (Lipinski definition) is 4. The molecule has 2 heterocycles. The first-order valence-electron chi connectivity index (χ1n) is 7.83. The Kier molecular flexibility index (Phi) is 3.36. The van der Waals surface area contributed by atoms with Gasteiger partial charge < -0.3 is 14.5 Å². The highest BCUT2D eigenvalue weighted by atomic mass is 16.5. The molecular weight excluding hydrogens is 276 g/mol. The smallest absolute Gasteiger partial charge is 0.191 e. The topological polar surface area (TPSA) is 32.8 Å². The molecule has 4 heteroatoms. The molecule has 114 valence electrons. The van der Waals surface area contributed by atoms with Crippen molar-refractivity contribution in [3.05, 3.63) is 59.4 Å². The number of ether oxygens (including phenoxy) is 1. The van der Waals surface area contributed by atoms with Gasteiger partial charge in [0.25, 0.3) is 0 Å². The summed E-state index contributed by atoms with van der Waals surface area (Å²) in [7, 11) is 2.13. The molecule has 0 aromatic carbocycles. The van der Waals surface area contributed by atoms with E-state index in [0.29, 0.717) is 0 Å². The van der Waals surface area contributed by atoms with Gasteiger partial charge in [-0.05, 0) is 30.3 Å². The second-order valence-electron chi connectivity index (χ2n) is 6.23. The number of nitrogens with zero attached hydrogens (tertiary/aromatic N) is 2. The molecule has 0 saturated carbocycles. The van der Waals surface area contributed by atoms with Crippen LogP contribution in [0.3, 0.4) is 0 Å². The summed E-state index contributed by atoms with van der Waals surface area (Å²) < 4.78 is 5.96. The zero-order chi connectivity index (χ0) is 15.1. The SMILES string of the molecule is CN1CCN(C2=CC(=O)C3OC4C=CC=CC4=CC3=C2)CC1. The lowest BCUT2D eigenvalue weighted by Crippen LogP contribution is -2.45. The number of piperazine rings is 1. The van der Waals surface area contributed by atoms with Gasteiger partial charge in [-0.3, -0.25) is 4.79 Å². The second-order valence-corrected chi connectivity index (χ2v) is 6.23. The van der Waals surface area contributed by atoms with Crippen LogP contribution in [0.1, 0.15) is 0 Å². The predicted molar refractivity (Wildman–Crippen MR) is 85.3 cm³/mol. The summed E-state index contributed by atoms with van der Waals surface area (Å²) in [5.74, 6) is 0.0599. The van der Waals surface area contributed by atoms with Gasteiger partial charge in [0.15, 0.2) is 5.78 Å². The Morgan fingerprint density at radius 3 is 2.68 bits per heavy atom. The van der Waals surface area contributed by atoms with Gasteiger partial charge in [0.2, 0.25) is 0 Å². The fourth-order valence-electron chi connectivity index (χ4n) is 3.31. The number of carbonyl (C=O) groups excluding carboxylic acids is 1. The summed E-state index contributed by atoms with van der Waals surface area (Å²) in [6.45, 7) is 4.00. The standard InChI is InChI=1S/C18H20N2O2/c1-19-6-8-20(9-7-19)15-11-14-10-13-4-2-3-5-17(13)22-18(14)16(21)12-15/h2-5,10-12,17-18H,6-9H2,1H3. The van der Waals surface area contributed by atoms with E-state index in [0.717, 1.165) is 43.0 Å². The molecule has 4 rings (SSSR count). The molecule has 0 bridgehead atoms. The molecule has 22 heavy (non-hydrogen) atoms. The highest BCUT2D eigenvalue weighted by Gasteiger charge is 2.34. The average Bonchev–Trinajstić information content (AvgIpc) is 2.54. The minimum atomic E-state index is -0.443. The Balaban J connectivity index is 1.62. The van der Waals surface area contributed by atoms with Crippen molar-refractivity contribution in [2.24, 2.45) is 0 Å². The second kappa shape index (κ2) is 5.38. The van der Waals surface area contributed by atoms with Gasteiger partial charge in [-0.25, -0.2) is 0 Å². The maximum Gasteiger partial charge on any atom is 0.191 e. The van der Waals surface area contributed by atoms with Crippen molar-refractivity contribution in [3.63, 3.8) is 0 Å². The Labute approximate surface area is 130 Å². The molecule has 0 amide bonds. The van der Waals surface area contributed by atoms with E-state index >= 15 is 0 Å². The van der Waals surface area contributed by atoms with Crippen LogP contribution in [0, 0.1) is 0 Å². The number of rotatable bonds is 1. The maximum atomic E-state index is 12.5. The zero-order valence-electron chi connectivity index (χ0n) is 12.7. The Hall–Kier alpha value is -1.91. The van der Waals surface area contributed by atoms with E-state index in [-0.39, 0.29) is 11.9 Å². The molecule has 0 radical (unpaired) electrons. The van der Waals surface area contributed by atoms with Crippen molar-refractivity contribution < 1.29 is 9.53 Å². The van der Waals surface area contributed by atoms with Crippen LogP contribution in [0.4, 0.5) is 0 Å². The van der Waals surface area contributed by atoms with E-state index in [1.165, 1.54) is 0 Å². The summed E-state index contributed by atoms with van der Waals surface area (Å²) >= 11 is 0. The molecular formula is C18H20N2O2. The van der Waals surface area contributed by atoms with Crippen LogP contribution in [0.5, 0.6) is 0 Å². The molecule has 1 fully saturated rings. The van der Waals surface area contributed by atoms with Gasteiger partial charge in [-0.1, -0.05) is 24.3 Å². The molecule has 0 N–H and O–H groups in total. The number of ketones is 1. The van der Waals surface area contributed by atoms with E-state index in [1.54, 1.807) is 6.08 Å². The summed E-state index contributed by atoms with van der Waals surface area (Å²) in [5, 5.41) is 0. The van der Waals surface area contributed by atoms with Crippen LogP contribution >= 0.6 is 0 Å². The van der Waals surface area contributed by atoms with E-state index in [9.17, 15) is 4.79 Å². The normalized spacial score (nSPS) is 31.2. The number of carbonyl (C=O) groups is 1. The first-order valence-corrected chi connectivity index (χ1v) is 7.83. The molecule has 1 saturated heterocycles.